The molecule has 6 rings (SSSR count). The van der Waals surface area contributed by atoms with E-state index in [0.717, 1.165) is 42.2 Å². The Bertz CT molecular complexity index is 1790. The molecule has 2 atom stereocenters. The normalized spacial score (nSPS) is 21.2. The monoisotopic (exact) mass is 669 g/mol. The van der Waals surface area contributed by atoms with Gasteiger partial charge in [0.05, 0.1) is 6.20 Å². The third-order valence-corrected chi connectivity index (χ3v) is 9.31. The maximum absolute atomic E-state index is 14.4. The van der Waals surface area contributed by atoms with Crippen LogP contribution in [-0.4, -0.2) is 73.8 Å². The second-order valence-corrected chi connectivity index (χ2v) is 13.4. The van der Waals surface area contributed by atoms with Crippen molar-refractivity contribution in [3.05, 3.63) is 89.1 Å². The summed E-state index contributed by atoms with van der Waals surface area (Å²) in [6.07, 6.45) is 3.67. The van der Waals surface area contributed by atoms with Gasteiger partial charge in [-0.3, -0.25) is 19.2 Å². The maximum Gasteiger partial charge on any atom is 0.272 e. The van der Waals surface area contributed by atoms with Gasteiger partial charge in [0.15, 0.2) is 0 Å². The summed E-state index contributed by atoms with van der Waals surface area (Å²) in [5, 5.41) is 25.1. The van der Waals surface area contributed by atoms with Gasteiger partial charge >= 0.3 is 0 Å². The van der Waals surface area contributed by atoms with Crippen molar-refractivity contribution >= 4 is 11.8 Å². The van der Waals surface area contributed by atoms with Crippen molar-refractivity contribution in [1.82, 2.24) is 35.6 Å². The highest BCUT2D eigenvalue weighted by Gasteiger charge is 2.27. The summed E-state index contributed by atoms with van der Waals surface area (Å²) >= 11 is 0. The number of aryl methyl sites for hydroxylation is 2. The van der Waals surface area contributed by atoms with Gasteiger partial charge in [-0.15, -0.1) is 0 Å². The van der Waals surface area contributed by atoms with Crippen molar-refractivity contribution in [2.75, 3.05) is 13.1 Å². The van der Waals surface area contributed by atoms with E-state index in [9.17, 15) is 19.1 Å². The van der Waals surface area contributed by atoms with Crippen molar-refractivity contribution in [2.45, 2.75) is 77.2 Å². The van der Waals surface area contributed by atoms with Crippen LogP contribution in [0.5, 0.6) is 17.4 Å². The molecular weight excluding hydrogens is 625 g/mol. The van der Waals surface area contributed by atoms with Crippen LogP contribution < -0.4 is 20.7 Å². The predicted octanol–water partition coefficient (Wildman–Crippen LogP) is 5.08. The van der Waals surface area contributed by atoms with E-state index >= 15 is 0 Å². The molecule has 0 bridgehead atoms. The van der Waals surface area contributed by atoms with Crippen LogP contribution >= 0.6 is 0 Å². The Morgan fingerprint density at radius 2 is 1.65 bits per heavy atom. The van der Waals surface area contributed by atoms with E-state index in [1.165, 1.54) is 0 Å². The Hall–Kier alpha value is -4.81. The molecule has 49 heavy (non-hydrogen) atoms. The smallest absolute Gasteiger partial charge is 0.272 e. The van der Waals surface area contributed by atoms with Crippen LogP contribution in [0, 0.1) is 12.7 Å². The van der Waals surface area contributed by atoms with E-state index in [1.807, 2.05) is 31.2 Å². The third kappa shape index (κ3) is 8.26. The number of para-hydroxylation sites is 1. The number of hydrogen-bond acceptors (Lipinski definition) is 8. The van der Waals surface area contributed by atoms with Crippen LogP contribution in [0.1, 0.15) is 71.6 Å². The molecule has 11 nitrogen and oxygen atoms in total. The number of halogens is 1. The fourth-order valence-electron chi connectivity index (χ4n) is 6.85. The number of benzene rings is 2. The molecule has 1 aliphatic carbocycles. The average molecular weight is 670 g/mol. The SMILES string of the molecule is Cc1cc(C(=O)N[C@H]2CC[C@H](NC(=O)c3cc(F)cnc3Oc3cccc(-c4cccc(CN5C[C@@H](C)N[C@@H](C)C5)c4O)c3)CC2)nn1C. The molecule has 3 heterocycles. The van der Waals surface area contributed by atoms with Crippen LogP contribution in [-0.2, 0) is 13.6 Å². The number of nitrogens with one attached hydrogen (secondary N) is 3. The molecule has 2 aromatic carbocycles. The minimum Gasteiger partial charge on any atom is -0.507 e. The first-order valence-corrected chi connectivity index (χ1v) is 16.9. The lowest BCUT2D eigenvalue weighted by atomic mass is 9.91. The molecule has 4 aromatic rings. The first-order chi connectivity index (χ1) is 23.5. The van der Waals surface area contributed by atoms with Gasteiger partial charge in [-0.2, -0.15) is 5.10 Å². The van der Waals surface area contributed by atoms with Crippen molar-refractivity contribution in [3.63, 3.8) is 0 Å². The number of aromatic nitrogens is 3. The van der Waals surface area contributed by atoms with Crippen molar-refractivity contribution in [1.29, 1.82) is 0 Å². The van der Waals surface area contributed by atoms with E-state index in [2.05, 4.69) is 44.8 Å². The topological polar surface area (TPSA) is 134 Å². The van der Waals surface area contributed by atoms with Gasteiger partial charge in [-0.05, 0) is 76.3 Å². The zero-order valence-corrected chi connectivity index (χ0v) is 28.4. The molecule has 0 unspecified atom stereocenters. The first-order valence-electron chi connectivity index (χ1n) is 16.9. The zero-order valence-electron chi connectivity index (χ0n) is 28.4. The summed E-state index contributed by atoms with van der Waals surface area (Å²) in [5.41, 5.74) is 3.49. The van der Waals surface area contributed by atoms with Crippen LogP contribution in [0.25, 0.3) is 11.1 Å². The van der Waals surface area contributed by atoms with Crippen LogP contribution in [0.2, 0.25) is 0 Å². The molecule has 2 fully saturated rings. The molecule has 0 radical (unpaired) electrons. The number of amides is 2. The first kappa shape index (κ1) is 34.1. The van der Waals surface area contributed by atoms with Crippen LogP contribution in [0.15, 0.2) is 60.8 Å². The number of hydrogen-bond donors (Lipinski definition) is 4. The number of ether oxygens (including phenoxy) is 1. The second kappa shape index (κ2) is 14.8. The number of carbonyl (C=O) groups excluding carboxylic acids is 2. The van der Waals surface area contributed by atoms with Gasteiger partial charge in [0.1, 0.15) is 28.6 Å². The quantitative estimate of drug-likeness (QED) is 0.194. The third-order valence-electron chi connectivity index (χ3n) is 9.31. The van der Waals surface area contributed by atoms with Gasteiger partial charge in [0, 0.05) is 67.7 Å². The number of pyridine rings is 1. The summed E-state index contributed by atoms with van der Waals surface area (Å²) in [6.45, 7) is 8.63. The number of nitrogens with zero attached hydrogens (tertiary/aromatic N) is 4. The summed E-state index contributed by atoms with van der Waals surface area (Å²) in [4.78, 5) is 32.5. The largest absolute Gasteiger partial charge is 0.507 e. The molecule has 258 valence electrons. The molecule has 2 amide bonds. The molecule has 1 aliphatic heterocycles. The van der Waals surface area contributed by atoms with E-state index < -0.39 is 11.7 Å². The van der Waals surface area contributed by atoms with Gasteiger partial charge in [-0.25, -0.2) is 9.37 Å². The number of piperazine rings is 1. The highest BCUT2D eigenvalue weighted by molar-refractivity contribution is 5.96. The fourth-order valence-corrected chi connectivity index (χ4v) is 6.85. The van der Waals surface area contributed by atoms with Crippen LogP contribution in [0.3, 0.4) is 0 Å². The lowest BCUT2D eigenvalue weighted by Crippen LogP contribution is -2.53. The highest BCUT2D eigenvalue weighted by atomic mass is 19.1. The van der Waals surface area contributed by atoms with Crippen LogP contribution in [0.4, 0.5) is 4.39 Å². The van der Waals surface area contributed by atoms with Gasteiger partial charge in [0.25, 0.3) is 11.8 Å². The Labute approximate surface area is 285 Å². The summed E-state index contributed by atoms with van der Waals surface area (Å²) in [5.74, 6) is -0.786. The lowest BCUT2D eigenvalue weighted by Gasteiger charge is -2.36. The minimum atomic E-state index is -0.655. The zero-order chi connectivity index (χ0) is 34.7. The van der Waals surface area contributed by atoms with Gasteiger partial charge in [-0.1, -0.05) is 30.3 Å². The van der Waals surface area contributed by atoms with Gasteiger partial charge < -0.3 is 25.8 Å². The minimum absolute atomic E-state index is 0.0179. The average Bonchev–Trinajstić information content (AvgIpc) is 3.41. The Morgan fingerprint density at radius 1 is 0.980 bits per heavy atom. The molecule has 2 aromatic heterocycles. The number of phenolic OH excluding ortho intramolecular Hbond substituents is 1. The number of carbonyl (C=O) groups is 2. The summed E-state index contributed by atoms with van der Waals surface area (Å²) in [7, 11) is 1.79. The van der Waals surface area contributed by atoms with E-state index in [1.54, 1.807) is 36.0 Å². The van der Waals surface area contributed by atoms with Crippen molar-refractivity contribution < 1.29 is 23.8 Å². The molecule has 1 saturated heterocycles. The number of rotatable bonds is 9. The molecular formula is C37H44FN7O4. The molecule has 2 aliphatic rings. The Morgan fingerprint density at radius 3 is 2.33 bits per heavy atom. The number of aromatic hydroxyl groups is 1. The van der Waals surface area contributed by atoms with Gasteiger partial charge in [0.2, 0.25) is 5.88 Å². The maximum atomic E-state index is 14.4. The molecule has 12 heteroatoms. The predicted molar refractivity (Wildman–Crippen MR) is 184 cm³/mol. The second-order valence-electron chi connectivity index (χ2n) is 13.4. The Kier molecular flexibility index (Phi) is 10.3. The molecule has 4 N–H and O–H groups in total. The molecule has 0 spiro atoms. The van der Waals surface area contributed by atoms with E-state index in [4.69, 9.17) is 4.74 Å². The Balaban J connectivity index is 1.10. The van der Waals surface area contributed by atoms with E-state index in [0.29, 0.717) is 61.3 Å². The lowest BCUT2D eigenvalue weighted by molar-refractivity contribution is 0.0887. The van der Waals surface area contributed by atoms with Crippen molar-refractivity contribution in [2.24, 2.45) is 7.05 Å². The summed E-state index contributed by atoms with van der Waals surface area (Å²) in [6, 6.07) is 16.3. The highest BCUT2D eigenvalue weighted by Crippen LogP contribution is 2.36. The number of phenols is 1. The fraction of sp³-hybridized carbons (Fsp3) is 0.405. The molecule has 1 saturated carbocycles. The van der Waals surface area contributed by atoms with E-state index in [-0.39, 0.29) is 35.2 Å². The summed E-state index contributed by atoms with van der Waals surface area (Å²) < 4.78 is 22.1. The standard InChI is InChI=1S/C37H44FN7O4/c1-22-19-45(20-23(2)40-22)21-26-8-6-10-31(34(26)46)25-7-5-9-30(16-25)49-37-32(17-27(38)18-39-37)35(47)41-28-11-13-29(14-12-28)42-36(48)33-15-24(3)44(4)43-33/h5-10,15-18,22-23,28-29,40,46H,11-14,19-21H2,1-4H3,(H,41,47)(H,42,48)/t22-,23+,28-,29-. The van der Waals surface area contributed by atoms with Crippen molar-refractivity contribution in [3.8, 4) is 28.5 Å².